The van der Waals surface area contributed by atoms with Crippen molar-refractivity contribution in [3.63, 3.8) is 0 Å². The van der Waals surface area contributed by atoms with Crippen LogP contribution in [0.2, 0.25) is 5.02 Å². The number of carbonyl (C=O) groups is 2. The van der Waals surface area contributed by atoms with Gasteiger partial charge in [-0.05, 0) is 23.8 Å². The average molecular weight is 353 g/mol. The highest BCUT2D eigenvalue weighted by atomic mass is 35.5. The summed E-state index contributed by atoms with van der Waals surface area (Å²) in [5, 5.41) is 5.64. The number of hydrogen-bond donors (Lipinski definition) is 2. The molecular weight excluding hydrogens is 338 g/mol. The molecule has 2 aromatic carbocycles. The molecular formula is C17H15ClF2N2O2. The van der Waals surface area contributed by atoms with Gasteiger partial charge in [0.05, 0.1) is 5.56 Å². The van der Waals surface area contributed by atoms with E-state index >= 15 is 0 Å². The number of benzene rings is 2. The maximum atomic E-state index is 13.4. The van der Waals surface area contributed by atoms with Gasteiger partial charge in [-0.25, -0.2) is 8.78 Å². The van der Waals surface area contributed by atoms with Crippen LogP contribution < -0.4 is 10.6 Å². The molecule has 2 N–H and O–H groups in total. The Labute approximate surface area is 142 Å². The Morgan fingerprint density at radius 3 is 2.50 bits per heavy atom. The Morgan fingerprint density at radius 1 is 1.04 bits per heavy atom. The summed E-state index contributed by atoms with van der Waals surface area (Å²) in [6, 6.07) is 9.79. The molecule has 0 heterocycles. The van der Waals surface area contributed by atoms with Gasteiger partial charge in [0.25, 0.3) is 5.91 Å². The molecule has 0 radical (unpaired) electrons. The summed E-state index contributed by atoms with van der Waals surface area (Å²) in [4.78, 5) is 23.5. The molecule has 0 saturated heterocycles. The second kappa shape index (κ2) is 8.40. The average Bonchev–Trinajstić information content (AvgIpc) is 2.54. The van der Waals surface area contributed by atoms with Crippen LogP contribution in [0.4, 0.5) is 8.78 Å². The van der Waals surface area contributed by atoms with Crippen LogP contribution in [0.25, 0.3) is 0 Å². The lowest BCUT2D eigenvalue weighted by Crippen LogP contribution is -2.31. The van der Waals surface area contributed by atoms with Gasteiger partial charge in [-0.1, -0.05) is 29.8 Å². The van der Waals surface area contributed by atoms with Crippen molar-refractivity contribution in [2.24, 2.45) is 0 Å². The minimum atomic E-state index is -0.948. The summed E-state index contributed by atoms with van der Waals surface area (Å²) in [7, 11) is 0. The van der Waals surface area contributed by atoms with Gasteiger partial charge < -0.3 is 10.6 Å². The van der Waals surface area contributed by atoms with E-state index in [1.54, 1.807) is 18.2 Å². The summed E-state index contributed by atoms with van der Waals surface area (Å²) in [5.74, 6) is -2.69. The summed E-state index contributed by atoms with van der Waals surface area (Å²) >= 11 is 5.98. The quantitative estimate of drug-likeness (QED) is 0.839. The van der Waals surface area contributed by atoms with Gasteiger partial charge in [-0.2, -0.15) is 0 Å². The van der Waals surface area contributed by atoms with Crippen LogP contribution in [-0.4, -0.2) is 18.4 Å². The molecule has 0 atom stereocenters. The first-order chi connectivity index (χ1) is 11.5. The predicted octanol–water partition coefficient (Wildman–Crippen LogP) is 3.05. The Kier molecular flexibility index (Phi) is 6.26. The fourth-order valence-electron chi connectivity index (χ4n) is 1.98. The highest BCUT2D eigenvalue weighted by Crippen LogP contribution is 2.14. The molecule has 2 rings (SSSR count). The zero-order valence-corrected chi connectivity index (χ0v) is 13.4. The first kappa shape index (κ1) is 17.9. The Hall–Kier alpha value is -2.47. The second-order valence-corrected chi connectivity index (χ2v) is 5.41. The fraction of sp³-hybridized carbons (Fsp3) is 0.176. The SMILES string of the molecule is O=C(CCNC(=O)c1ccc(F)cc1F)NCc1ccccc1Cl. The molecule has 2 amide bonds. The van der Waals surface area contributed by atoms with Gasteiger partial charge in [0.1, 0.15) is 11.6 Å². The van der Waals surface area contributed by atoms with E-state index in [-0.39, 0.29) is 31.0 Å². The Bertz CT molecular complexity index is 753. The molecule has 0 aliphatic rings. The number of carbonyl (C=O) groups excluding carboxylic acids is 2. The molecule has 0 fully saturated rings. The number of nitrogens with one attached hydrogen (secondary N) is 2. The van der Waals surface area contributed by atoms with Gasteiger partial charge in [-0.15, -0.1) is 0 Å². The van der Waals surface area contributed by atoms with Gasteiger partial charge in [-0.3, -0.25) is 9.59 Å². The number of hydrogen-bond acceptors (Lipinski definition) is 2. The standard InChI is InChI=1S/C17H15ClF2N2O2/c18-14-4-2-1-3-11(14)10-22-16(23)7-8-21-17(24)13-6-5-12(19)9-15(13)20/h1-6,9H,7-8,10H2,(H,21,24)(H,22,23). The van der Waals surface area contributed by atoms with E-state index in [4.69, 9.17) is 11.6 Å². The third kappa shape index (κ3) is 5.03. The van der Waals surface area contributed by atoms with Crippen LogP contribution in [0.1, 0.15) is 22.3 Å². The minimum absolute atomic E-state index is 0.0268. The lowest BCUT2D eigenvalue weighted by atomic mass is 10.2. The monoisotopic (exact) mass is 352 g/mol. The van der Waals surface area contributed by atoms with Crippen molar-refractivity contribution in [2.75, 3.05) is 6.54 Å². The van der Waals surface area contributed by atoms with Gasteiger partial charge in [0.2, 0.25) is 5.91 Å². The molecule has 4 nitrogen and oxygen atoms in total. The second-order valence-electron chi connectivity index (χ2n) is 5.00. The van der Waals surface area contributed by atoms with E-state index in [0.29, 0.717) is 11.1 Å². The van der Waals surface area contributed by atoms with Crippen LogP contribution in [0, 0.1) is 11.6 Å². The van der Waals surface area contributed by atoms with E-state index in [1.807, 2.05) is 6.07 Å². The molecule has 0 unspecified atom stereocenters. The van der Waals surface area contributed by atoms with E-state index in [9.17, 15) is 18.4 Å². The van der Waals surface area contributed by atoms with Crippen molar-refractivity contribution in [2.45, 2.75) is 13.0 Å². The summed E-state index contributed by atoms with van der Waals surface area (Å²) in [5.41, 5.74) is 0.512. The highest BCUT2D eigenvalue weighted by Gasteiger charge is 2.12. The molecule has 24 heavy (non-hydrogen) atoms. The molecule has 126 valence electrons. The largest absolute Gasteiger partial charge is 0.352 e. The minimum Gasteiger partial charge on any atom is -0.352 e. The maximum Gasteiger partial charge on any atom is 0.254 e. The zero-order valence-electron chi connectivity index (χ0n) is 12.6. The number of rotatable bonds is 6. The van der Waals surface area contributed by atoms with Crippen molar-refractivity contribution in [3.8, 4) is 0 Å². The van der Waals surface area contributed by atoms with Crippen LogP contribution in [-0.2, 0) is 11.3 Å². The van der Waals surface area contributed by atoms with Crippen molar-refractivity contribution in [1.82, 2.24) is 10.6 Å². The van der Waals surface area contributed by atoms with E-state index in [1.165, 1.54) is 0 Å². The number of halogens is 3. The van der Waals surface area contributed by atoms with Crippen LogP contribution in [0.3, 0.4) is 0 Å². The Balaban J connectivity index is 1.76. The summed E-state index contributed by atoms with van der Waals surface area (Å²) < 4.78 is 26.2. The van der Waals surface area contributed by atoms with Gasteiger partial charge in [0.15, 0.2) is 0 Å². The smallest absolute Gasteiger partial charge is 0.254 e. The lowest BCUT2D eigenvalue weighted by molar-refractivity contribution is -0.121. The fourth-order valence-corrected chi connectivity index (χ4v) is 2.18. The highest BCUT2D eigenvalue weighted by molar-refractivity contribution is 6.31. The lowest BCUT2D eigenvalue weighted by Gasteiger charge is -2.08. The maximum absolute atomic E-state index is 13.4. The molecule has 0 aliphatic carbocycles. The van der Waals surface area contributed by atoms with Crippen LogP contribution in [0.5, 0.6) is 0 Å². The molecule has 0 bridgehead atoms. The molecule has 2 aromatic rings. The molecule has 0 spiro atoms. The van der Waals surface area contributed by atoms with E-state index < -0.39 is 17.5 Å². The van der Waals surface area contributed by atoms with Crippen molar-refractivity contribution in [1.29, 1.82) is 0 Å². The van der Waals surface area contributed by atoms with Crippen LogP contribution in [0.15, 0.2) is 42.5 Å². The summed E-state index contributed by atoms with van der Waals surface area (Å²) in [6.45, 7) is 0.309. The molecule has 0 aliphatic heterocycles. The Morgan fingerprint density at radius 2 is 1.79 bits per heavy atom. The third-order valence-electron chi connectivity index (χ3n) is 3.25. The molecule has 0 saturated carbocycles. The first-order valence-corrected chi connectivity index (χ1v) is 7.58. The van der Waals surface area contributed by atoms with E-state index in [0.717, 1.165) is 17.7 Å². The van der Waals surface area contributed by atoms with Crippen molar-refractivity contribution >= 4 is 23.4 Å². The number of amides is 2. The summed E-state index contributed by atoms with van der Waals surface area (Å²) in [6.07, 6.45) is 0.0268. The van der Waals surface area contributed by atoms with Gasteiger partial charge >= 0.3 is 0 Å². The predicted molar refractivity (Wildman–Crippen MR) is 86.6 cm³/mol. The zero-order chi connectivity index (χ0) is 17.5. The van der Waals surface area contributed by atoms with Crippen molar-refractivity contribution < 1.29 is 18.4 Å². The van der Waals surface area contributed by atoms with E-state index in [2.05, 4.69) is 10.6 Å². The molecule has 7 heteroatoms. The third-order valence-corrected chi connectivity index (χ3v) is 3.62. The van der Waals surface area contributed by atoms with Crippen LogP contribution >= 0.6 is 11.6 Å². The molecule has 0 aromatic heterocycles. The topological polar surface area (TPSA) is 58.2 Å². The normalized spacial score (nSPS) is 10.3. The van der Waals surface area contributed by atoms with Crippen molar-refractivity contribution in [3.05, 3.63) is 70.2 Å². The van der Waals surface area contributed by atoms with Gasteiger partial charge in [0, 0.05) is 30.6 Å². The first-order valence-electron chi connectivity index (χ1n) is 7.20.